The average Bonchev–Trinajstić information content (AvgIpc) is 2.62. The molecule has 0 heterocycles. The zero-order chi connectivity index (χ0) is 16.3. The maximum atomic E-state index is 11.6. The van der Waals surface area contributed by atoms with Crippen LogP contribution in [0.5, 0.6) is 11.5 Å². The Bertz CT molecular complexity index is 743. The molecule has 3 nitrogen and oxygen atoms in total. The number of methoxy groups -OCH3 is 1. The van der Waals surface area contributed by atoms with Crippen molar-refractivity contribution in [1.82, 2.24) is 0 Å². The van der Waals surface area contributed by atoms with Crippen LogP contribution in [0.25, 0.3) is 0 Å². The molecule has 0 aliphatic carbocycles. The van der Waals surface area contributed by atoms with E-state index in [1.807, 2.05) is 60.7 Å². The van der Waals surface area contributed by atoms with Crippen LogP contribution in [0.1, 0.15) is 16.7 Å². The second-order valence-corrected chi connectivity index (χ2v) is 5.33. The zero-order valence-corrected chi connectivity index (χ0v) is 12.8. The lowest BCUT2D eigenvalue weighted by molar-refractivity contribution is 0.122. The summed E-state index contributed by atoms with van der Waals surface area (Å²) in [7, 11) is 1.54. The van der Waals surface area contributed by atoms with Crippen molar-refractivity contribution >= 4 is 0 Å². The Kier molecular flexibility index (Phi) is 4.04. The summed E-state index contributed by atoms with van der Waals surface area (Å²) in [5.74, 6) is 0.522. The SMILES string of the molecule is COc1ccc(C(O)(c2ccccc2)c2ccccc2)c(O)c1. The zero-order valence-electron chi connectivity index (χ0n) is 12.8. The third-order valence-electron chi connectivity index (χ3n) is 3.98. The van der Waals surface area contributed by atoms with Crippen LogP contribution in [0.3, 0.4) is 0 Å². The predicted molar refractivity (Wildman–Crippen MR) is 89.6 cm³/mol. The van der Waals surface area contributed by atoms with Gasteiger partial charge in [0.05, 0.1) is 7.11 Å². The molecule has 3 heteroatoms. The molecule has 3 aromatic rings. The number of phenols is 1. The normalized spacial score (nSPS) is 11.2. The van der Waals surface area contributed by atoms with Crippen LogP contribution in [0, 0.1) is 0 Å². The maximum Gasteiger partial charge on any atom is 0.144 e. The van der Waals surface area contributed by atoms with E-state index in [0.717, 1.165) is 0 Å². The van der Waals surface area contributed by atoms with Gasteiger partial charge in [0.1, 0.15) is 17.1 Å². The van der Waals surface area contributed by atoms with Crippen molar-refractivity contribution in [3.05, 3.63) is 95.6 Å². The van der Waals surface area contributed by atoms with Crippen LogP contribution in [-0.2, 0) is 5.60 Å². The molecule has 116 valence electrons. The van der Waals surface area contributed by atoms with E-state index in [-0.39, 0.29) is 5.75 Å². The summed E-state index contributed by atoms with van der Waals surface area (Å²) in [6.07, 6.45) is 0. The van der Waals surface area contributed by atoms with Crippen molar-refractivity contribution in [2.24, 2.45) is 0 Å². The Morgan fingerprint density at radius 1 is 0.783 bits per heavy atom. The van der Waals surface area contributed by atoms with Gasteiger partial charge in [-0.25, -0.2) is 0 Å². The number of benzene rings is 3. The van der Waals surface area contributed by atoms with Crippen molar-refractivity contribution in [3.8, 4) is 11.5 Å². The molecule has 0 aliphatic heterocycles. The van der Waals surface area contributed by atoms with Crippen molar-refractivity contribution in [2.45, 2.75) is 5.60 Å². The molecule has 0 saturated heterocycles. The molecule has 0 saturated carbocycles. The van der Waals surface area contributed by atoms with Gasteiger partial charge in [-0.1, -0.05) is 60.7 Å². The first-order valence-electron chi connectivity index (χ1n) is 7.37. The number of ether oxygens (including phenoxy) is 1. The second kappa shape index (κ2) is 6.15. The fourth-order valence-corrected chi connectivity index (χ4v) is 2.78. The first-order valence-corrected chi connectivity index (χ1v) is 7.37. The maximum absolute atomic E-state index is 11.6. The molecular weight excluding hydrogens is 288 g/mol. The molecule has 3 rings (SSSR count). The van der Waals surface area contributed by atoms with Gasteiger partial charge in [0.25, 0.3) is 0 Å². The Labute approximate surface area is 135 Å². The van der Waals surface area contributed by atoms with Crippen molar-refractivity contribution < 1.29 is 14.9 Å². The van der Waals surface area contributed by atoms with Crippen molar-refractivity contribution in [1.29, 1.82) is 0 Å². The Morgan fingerprint density at radius 3 is 1.74 bits per heavy atom. The highest BCUT2D eigenvalue weighted by molar-refractivity contribution is 5.53. The lowest BCUT2D eigenvalue weighted by atomic mass is 9.80. The predicted octanol–water partition coefficient (Wildman–Crippen LogP) is 3.69. The van der Waals surface area contributed by atoms with E-state index in [0.29, 0.717) is 22.4 Å². The summed E-state index contributed by atoms with van der Waals surface area (Å²) in [5, 5.41) is 22.0. The average molecular weight is 306 g/mol. The third kappa shape index (κ3) is 2.67. The second-order valence-electron chi connectivity index (χ2n) is 5.33. The molecule has 0 atom stereocenters. The summed E-state index contributed by atoms with van der Waals surface area (Å²) >= 11 is 0. The molecule has 3 aromatic carbocycles. The first-order chi connectivity index (χ1) is 11.2. The lowest BCUT2D eigenvalue weighted by Crippen LogP contribution is -2.28. The van der Waals surface area contributed by atoms with E-state index in [9.17, 15) is 10.2 Å². The minimum Gasteiger partial charge on any atom is -0.507 e. The Morgan fingerprint density at radius 2 is 1.30 bits per heavy atom. The van der Waals surface area contributed by atoms with Crippen LogP contribution < -0.4 is 4.74 Å². The number of rotatable bonds is 4. The summed E-state index contributed by atoms with van der Waals surface area (Å²) in [6, 6.07) is 23.5. The van der Waals surface area contributed by atoms with Gasteiger partial charge in [0.2, 0.25) is 0 Å². The van der Waals surface area contributed by atoms with Gasteiger partial charge >= 0.3 is 0 Å². The van der Waals surface area contributed by atoms with Crippen molar-refractivity contribution in [2.75, 3.05) is 7.11 Å². The quantitative estimate of drug-likeness (QED) is 0.723. The molecule has 0 unspecified atom stereocenters. The lowest BCUT2D eigenvalue weighted by Gasteiger charge is -2.30. The fraction of sp³-hybridized carbons (Fsp3) is 0.100. The molecular formula is C20H18O3. The molecule has 23 heavy (non-hydrogen) atoms. The molecule has 0 aliphatic rings. The van der Waals surface area contributed by atoms with Gasteiger partial charge in [-0.3, -0.25) is 0 Å². The standard InChI is InChI=1S/C20H18O3/c1-23-17-12-13-18(19(21)14-17)20(22,15-8-4-2-5-9-15)16-10-6-3-7-11-16/h2-14,21-22H,1H3. The summed E-state index contributed by atoms with van der Waals surface area (Å²) in [5.41, 5.74) is 0.341. The molecule has 0 radical (unpaired) electrons. The Balaban J connectivity index is 2.25. The van der Waals surface area contributed by atoms with E-state index < -0.39 is 5.60 Å². The molecule has 0 fully saturated rings. The van der Waals surface area contributed by atoms with Crippen LogP contribution in [0.4, 0.5) is 0 Å². The highest BCUT2D eigenvalue weighted by atomic mass is 16.5. The summed E-state index contributed by atoms with van der Waals surface area (Å²) in [6.45, 7) is 0. The van der Waals surface area contributed by atoms with Crippen LogP contribution in [0.2, 0.25) is 0 Å². The van der Waals surface area contributed by atoms with Gasteiger partial charge < -0.3 is 14.9 Å². The van der Waals surface area contributed by atoms with Gasteiger partial charge in [0, 0.05) is 11.6 Å². The topological polar surface area (TPSA) is 49.7 Å². The van der Waals surface area contributed by atoms with E-state index in [1.165, 1.54) is 13.2 Å². The molecule has 0 aromatic heterocycles. The number of aliphatic hydroxyl groups is 1. The molecule has 0 amide bonds. The minimum atomic E-state index is -1.45. The third-order valence-corrected chi connectivity index (χ3v) is 3.98. The minimum absolute atomic E-state index is 0.0143. The summed E-state index contributed by atoms with van der Waals surface area (Å²) < 4.78 is 5.13. The highest BCUT2D eigenvalue weighted by Crippen LogP contribution is 2.41. The monoisotopic (exact) mass is 306 g/mol. The molecule has 0 spiro atoms. The number of phenolic OH excluding ortho intramolecular Hbond substituents is 1. The van der Waals surface area contributed by atoms with Gasteiger partial charge in [-0.2, -0.15) is 0 Å². The highest BCUT2D eigenvalue weighted by Gasteiger charge is 2.36. The first kappa shape index (κ1) is 15.1. The smallest absolute Gasteiger partial charge is 0.144 e. The van der Waals surface area contributed by atoms with Gasteiger partial charge in [0.15, 0.2) is 0 Å². The van der Waals surface area contributed by atoms with E-state index in [2.05, 4.69) is 0 Å². The van der Waals surface area contributed by atoms with E-state index in [1.54, 1.807) is 12.1 Å². The largest absolute Gasteiger partial charge is 0.507 e. The van der Waals surface area contributed by atoms with Crippen LogP contribution in [0.15, 0.2) is 78.9 Å². The number of aromatic hydroxyl groups is 1. The van der Waals surface area contributed by atoms with Gasteiger partial charge in [-0.05, 0) is 23.3 Å². The van der Waals surface area contributed by atoms with Crippen LogP contribution in [-0.4, -0.2) is 17.3 Å². The van der Waals surface area contributed by atoms with Gasteiger partial charge in [-0.15, -0.1) is 0 Å². The van der Waals surface area contributed by atoms with Crippen LogP contribution >= 0.6 is 0 Å². The number of hydrogen-bond acceptors (Lipinski definition) is 3. The number of hydrogen-bond donors (Lipinski definition) is 2. The van der Waals surface area contributed by atoms with Crippen molar-refractivity contribution in [3.63, 3.8) is 0 Å². The van der Waals surface area contributed by atoms with E-state index in [4.69, 9.17) is 4.74 Å². The fourth-order valence-electron chi connectivity index (χ4n) is 2.78. The Hall–Kier alpha value is -2.78. The van der Waals surface area contributed by atoms with E-state index >= 15 is 0 Å². The molecule has 0 bridgehead atoms. The molecule has 2 N–H and O–H groups in total. The summed E-state index contributed by atoms with van der Waals surface area (Å²) in [4.78, 5) is 0.